The molecule has 0 saturated heterocycles. The number of phenols is 2. The number of rotatable bonds is 2. The van der Waals surface area contributed by atoms with Crippen LogP contribution in [0.25, 0.3) is 0 Å². The minimum atomic E-state index is -0.309. The van der Waals surface area contributed by atoms with Crippen LogP contribution in [0.5, 0.6) is 11.5 Å². The van der Waals surface area contributed by atoms with E-state index in [0.29, 0.717) is 0 Å². The second-order valence-electron chi connectivity index (χ2n) is 2.51. The molecule has 4 N–H and O–H groups in total. The summed E-state index contributed by atoms with van der Waals surface area (Å²) < 4.78 is 0. The Morgan fingerprint density at radius 2 is 1.92 bits per heavy atom. The first-order chi connectivity index (χ1) is 5.65. The number of hydrogen-bond acceptors (Lipinski definition) is 3. The van der Waals surface area contributed by atoms with E-state index in [1.165, 1.54) is 12.1 Å². The third-order valence-electron chi connectivity index (χ3n) is 1.64. The SMILES string of the molecule is C=C[C@@H](N)c1ccc(O)c(O)c1.Cl. The average Bonchev–Trinajstić information content (AvgIpc) is 2.08. The molecule has 1 aromatic carbocycles. The second-order valence-corrected chi connectivity index (χ2v) is 2.51. The van der Waals surface area contributed by atoms with Gasteiger partial charge in [0.05, 0.1) is 0 Å². The normalized spacial score (nSPS) is 11.5. The summed E-state index contributed by atoms with van der Waals surface area (Å²) >= 11 is 0. The molecule has 0 aliphatic carbocycles. The lowest BCUT2D eigenvalue weighted by Crippen LogP contribution is -2.05. The molecule has 0 aromatic heterocycles. The van der Waals surface area contributed by atoms with Crippen LogP contribution in [0.4, 0.5) is 0 Å². The smallest absolute Gasteiger partial charge is 0.157 e. The van der Waals surface area contributed by atoms with E-state index in [-0.39, 0.29) is 29.9 Å². The first-order valence-electron chi connectivity index (χ1n) is 3.55. The van der Waals surface area contributed by atoms with Crippen molar-refractivity contribution in [1.29, 1.82) is 0 Å². The molecule has 0 heterocycles. The Labute approximate surface area is 82.9 Å². The van der Waals surface area contributed by atoms with E-state index < -0.39 is 0 Å². The summed E-state index contributed by atoms with van der Waals surface area (Å²) in [4.78, 5) is 0. The van der Waals surface area contributed by atoms with Crippen molar-refractivity contribution in [2.24, 2.45) is 5.73 Å². The minimum absolute atomic E-state index is 0. The molecule has 0 amide bonds. The number of aromatic hydroxyl groups is 2. The minimum Gasteiger partial charge on any atom is -0.504 e. The second kappa shape index (κ2) is 4.74. The van der Waals surface area contributed by atoms with E-state index in [4.69, 9.17) is 15.9 Å². The quantitative estimate of drug-likeness (QED) is 0.504. The average molecular weight is 202 g/mol. The lowest BCUT2D eigenvalue weighted by atomic mass is 10.1. The zero-order valence-corrected chi connectivity index (χ0v) is 7.79. The molecule has 3 nitrogen and oxygen atoms in total. The van der Waals surface area contributed by atoms with Crippen LogP contribution in [0, 0.1) is 0 Å². The van der Waals surface area contributed by atoms with Crippen LogP contribution in [0.1, 0.15) is 11.6 Å². The van der Waals surface area contributed by atoms with Crippen molar-refractivity contribution in [2.45, 2.75) is 6.04 Å². The van der Waals surface area contributed by atoms with Crippen LogP contribution in [-0.4, -0.2) is 10.2 Å². The van der Waals surface area contributed by atoms with E-state index in [0.717, 1.165) is 5.56 Å². The number of benzene rings is 1. The third kappa shape index (κ3) is 2.65. The first-order valence-corrected chi connectivity index (χ1v) is 3.55. The van der Waals surface area contributed by atoms with Gasteiger partial charge in [0.25, 0.3) is 0 Å². The van der Waals surface area contributed by atoms with Crippen molar-refractivity contribution in [1.82, 2.24) is 0 Å². The molecule has 1 aromatic rings. The van der Waals surface area contributed by atoms with Crippen LogP contribution in [0.3, 0.4) is 0 Å². The molecule has 13 heavy (non-hydrogen) atoms. The summed E-state index contributed by atoms with van der Waals surface area (Å²) in [5.41, 5.74) is 6.32. The topological polar surface area (TPSA) is 66.5 Å². The Morgan fingerprint density at radius 1 is 1.31 bits per heavy atom. The van der Waals surface area contributed by atoms with E-state index in [2.05, 4.69) is 6.58 Å². The van der Waals surface area contributed by atoms with Crippen molar-refractivity contribution in [3.05, 3.63) is 36.4 Å². The summed E-state index contributed by atoms with van der Waals surface area (Å²) in [5, 5.41) is 18.1. The van der Waals surface area contributed by atoms with Gasteiger partial charge in [0.1, 0.15) is 0 Å². The Balaban J connectivity index is 0.00000144. The van der Waals surface area contributed by atoms with E-state index in [1.54, 1.807) is 12.1 Å². The van der Waals surface area contributed by atoms with Gasteiger partial charge in [-0.05, 0) is 17.7 Å². The van der Waals surface area contributed by atoms with Gasteiger partial charge in [0, 0.05) is 6.04 Å². The molecule has 0 aliphatic heterocycles. The standard InChI is InChI=1S/C9H11NO2.ClH/c1-2-7(10)6-3-4-8(11)9(12)5-6;/h2-5,7,11-12H,1,10H2;1H/t7-;/m1./s1. The summed E-state index contributed by atoms with van der Waals surface area (Å²) in [6, 6.07) is 4.15. The highest BCUT2D eigenvalue weighted by Gasteiger charge is 2.04. The van der Waals surface area contributed by atoms with Crippen LogP contribution in [0.15, 0.2) is 30.9 Å². The summed E-state index contributed by atoms with van der Waals surface area (Å²) in [5.74, 6) is -0.306. The monoisotopic (exact) mass is 201 g/mol. The van der Waals surface area contributed by atoms with Gasteiger partial charge in [-0.2, -0.15) is 0 Å². The molecule has 0 aliphatic rings. The Hall–Kier alpha value is -1.19. The number of hydrogen-bond donors (Lipinski definition) is 3. The highest BCUT2D eigenvalue weighted by Crippen LogP contribution is 2.27. The third-order valence-corrected chi connectivity index (χ3v) is 1.64. The lowest BCUT2D eigenvalue weighted by molar-refractivity contribution is 0.403. The van der Waals surface area contributed by atoms with Crippen molar-refractivity contribution in [2.75, 3.05) is 0 Å². The predicted molar refractivity (Wildman–Crippen MR) is 54.1 cm³/mol. The molecule has 1 atom stereocenters. The summed E-state index contributed by atoms with van der Waals surface area (Å²) in [6.07, 6.45) is 1.56. The van der Waals surface area contributed by atoms with Gasteiger partial charge in [-0.15, -0.1) is 19.0 Å². The van der Waals surface area contributed by atoms with Gasteiger partial charge < -0.3 is 15.9 Å². The van der Waals surface area contributed by atoms with Crippen LogP contribution in [-0.2, 0) is 0 Å². The predicted octanol–water partition coefficient (Wildman–Crippen LogP) is 1.71. The van der Waals surface area contributed by atoms with Crippen LogP contribution < -0.4 is 5.73 Å². The highest BCUT2D eigenvalue weighted by molar-refractivity contribution is 5.85. The largest absolute Gasteiger partial charge is 0.504 e. The maximum Gasteiger partial charge on any atom is 0.157 e. The number of halogens is 1. The van der Waals surface area contributed by atoms with Gasteiger partial charge in [0.2, 0.25) is 0 Å². The summed E-state index contributed by atoms with van der Waals surface area (Å²) in [7, 11) is 0. The lowest BCUT2D eigenvalue weighted by Gasteiger charge is -2.06. The van der Waals surface area contributed by atoms with E-state index in [9.17, 15) is 0 Å². The maximum absolute atomic E-state index is 9.10. The van der Waals surface area contributed by atoms with E-state index >= 15 is 0 Å². The number of nitrogens with two attached hydrogens (primary N) is 1. The van der Waals surface area contributed by atoms with Gasteiger partial charge in [0.15, 0.2) is 11.5 Å². The fourth-order valence-electron chi connectivity index (χ4n) is 0.884. The fourth-order valence-corrected chi connectivity index (χ4v) is 0.884. The molecule has 0 saturated carbocycles. The van der Waals surface area contributed by atoms with Crippen LogP contribution >= 0.6 is 12.4 Å². The zero-order valence-electron chi connectivity index (χ0n) is 6.97. The van der Waals surface area contributed by atoms with Crippen molar-refractivity contribution < 1.29 is 10.2 Å². The van der Waals surface area contributed by atoms with Gasteiger partial charge >= 0.3 is 0 Å². The molecule has 0 unspecified atom stereocenters. The molecular formula is C9H12ClNO2. The first kappa shape index (κ1) is 11.8. The zero-order chi connectivity index (χ0) is 9.14. The van der Waals surface area contributed by atoms with E-state index in [1.807, 2.05) is 0 Å². The maximum atomic E-state index is 9.10. The molecule has 4 heteroatoms. The molecule has 72 valence electrons. The van der Waals surface area contributed by atoms with Crippen molar-refractivity contribution in [3.8, 4) is 11.5 Å². The molecule has 0 spiro atoms. The Morgan fingerprint density at radius 3 is 2.38 bits per heavy atom. The molecule has 0 radical (unpaired) electrons. The van der Waals surface area contributed by atoms with Crippen molar-refractivity contribution in [3.63, 3.8) is 0 Å². The molecular weight excluding hydrogens is 190 g/mol. The Bertz CT molecular complexity index is 302. The number of phenolic OH excluding ortho intramolecular Hbond substituents is 2. The van der Waals surface area contributed by atoms with Crippen molar-refractivity contribution >= 4 is 12.4 Å². The Kier molecular flexibility index (Phi) is 4.31. The van der Waals surface area contributed by atoms with Crippen LogP contribution in [0.2, 0.25) is 0 Å². The van der Waals surface area contributed by atoms with Gasteiger partial charge in [-0.1, -0.05) is 12.1 Å². The molecule has 0 fully saturated rings. The highest BCUT2D eigenvalue weighted by atomic mass is 35.5. The molecule has 0 bridgehead atoms. The summed E-state index contributed by atoms with van der Waals surface area (Å²) in [6.45, 7) is 3.52. The fraction of sp³-hybridized carbons (Fsp3) is 0.111. The molecule has 1 rings (SSSR count). The van der Waals surface area contributed by atoms with Gasteiger partial charge in [-0.25, -0.2) is 0 Å². The van der Waals surface area contributed by atoms with Gasteiger partial charge in [-0.3, -0.25) is 0 Å².